The maximum absolute atomic E-state index is 12.1. The van der Waals surface area contributed by atoms with Crippen molar-refractivity contribution in [1.29, 1.82) is 0 Å². The summed E-state index contributed by atoms with van der Waals surface area (Å²) < 4.78 is 1.63. The number of carbonyl (C=O) groups is 1. The number of benzene rings is 1. The molecule has 1 aromatic heterocycles. The quantitative estimate of drug-likeness (QED) is 0.825. The summed E-state index contributed by atoms with van der Waals surface area (Å²) in [5.41, 5.74) is 2.00. The van der Waals surface area contributed by atoms with Crippen LogP contribution in [0, 0.1) is 0 Å². The molecular weight excluding hydrogens is 374 g/mol. The third-order valence-electron chi connectivity index (χ3n) is 2.61. The first-order chi connectivity index (χ1) is 8.99. The number of anilines is 1. The number of hydrogen-bond acceptors (Lipinski definition) is 2. The van der Waals surface area contributed by atoms with Crippen molar-refractivity contribution in [2.24, 2.45) is 0 Å². The Kier molecular flexibility index (Phi) is 4.42. The molecule has 0 unspecified atom stereocenters. The van der Waals surface area contributed by atoms with Crippen molar-refractivity contribution in [3.63, 3.8) is 0 Å². The lowest BCUT2D eigenvalue weighted by atomic mass is 10.1. The summed E-state index contributed by atoms with van der Waals surface area (Å²) in [5, 5.41) is 9.76. The van der Waals surface area contributed by atoms with Gasteiger partial charge in [0, 0.05) is 10.2 Å². The lowest BCUT2D eigenvalue weighted by Crippen LogP contribution is -2.13. The summed E-state index contributed by atoms with van der Waals surface area (Å²) >= 11 is 6.78. The molecule has 0 aliphatic carbocycles. The van der Waals surface area contributed by atoms with Gasteiger partial charge in [0.15, 0.2) is 5.69 Å². The number of nitrogens with zero attached hydrogens (tertiary/aromatic N) is 1. The van der Waals surface area contributed by atoms with E-state index in [0.717, 1.165) is 20.3 Å². The molecule has 2 aromatic rings. The first-order valence-electron chi connectivity index (χ1n) is 5.79. The molecule has 2 rings (SSSR count). The fourth-order valence-electron chi connectivity index (χ4n) is 1.63. The predicted octanol–water partition coefficient (Wildman–Crippen LogP) is 4.31. The van der Waals surface area contributed by atoms with Crippen LogP contribution in [-0.4, -0.2) is 16.1 Å². The van der Waals surface area contributed by atoms with Crippen LogP contribution >= 0.6 is 31.9 Å². The second-order valence-corrected chi connectivity index (χ2v) is 6.13. The Labute approximate surface area is 128 Å². The molecule has 0 fully saturated rings. The molecule has 0 saturated carbocycles. The van der Waals surface area contributed by atoms with Crippen LogP contribution in [0.15, 0.2) is 33.2 Å². The molecule has 1 heterocycles. The third-order valence-corrected chi connectivity index (χ3v) is 3.90. The average Bonchev–Trinajstić information content (AvgIpc) is 2.71. The number of rotatable bonds is 3. The molecule has 4 nitrogen and oxygen atoms in total. The Morgan fingerprint density at radius 1 is 1.37 bits per heavy atom. The number of aromatic nitrogens is 2. The van der Waals surface area contributed by atoms with Crippen LogP contribution in [0.3, 0.4) is 0 Å². The van der Waals surface area contributed by atoms with Gasteiger partial charge in [-0.3, -0.25) is 9.89 Å². The molecule has 1 amide bonds. The van der Waals surface area contributed by atoms with E-state index >= 15 is 0 Å². The van der Waals surface area contributed by atoms with E-state index in [-0.39, 0.29) is 11.8 Å². The van der Waals surface area contributed by atoms with E-state index in [1.165, 1.54) is 0 Å². The number of aromatic amines is 1. The molecule has 0 aliphatic rings. The minimum Gasteiger partial charge on any atom is -0.321 e. The fraction of sp³-hybridized carbons (Fsp3) is 0.231. The van der Waals surface area contributed by atoms with Crippen molar-refractivity contribution in [2.45, 2.75) is 19.8 Å². The zero-order valence-electron chi connectivity index (χ0n) is 10.5. The van der Waals surface area contributed by atoms with Crippen LogP contribution in [0.5, 0.6) is 0 Å². The van der Waals surface area contributed by atoms with Crippen LogP contribution in [0.4, 0.5) is 5.69 Å². The van der Waals surface area contributed by atoms with Crippen molar-refractivity contribution >= 4 is 43.5 Å². The molecule has 2 N–H and O–H groups in total. The smallest absolute Gasteiger partial charge is 0.277 e. The first kappa shape index (κ1) is 14.3. The van der Waals surface area contributed by atoms with E-state index in [1.807, 2.05) is 38.1 Å². The van der Waals surface area contributed by atoms with Crippen molar-refractivity contribution in [3.8, 4) is 0 Å². The van der Waals surface area contributed by atoms with Crippen LogP contribution in [0.2, 0.25) is 0 Å². The summed E-state index contributed by atoms with van der Waals surface area (Å²) in [5.74, 6) is 0.0300. The Morgan fingerprint density at radius 3 is 2.68 bits per heavy atom. The van der Waals surface area contributed by atoms with Gasteiger partial charge in [-0.1, -0.05) is 35.8 Å². The highest BCUT2D eigenvalue weighted by molar-refractivity contribution is 9.10. The molecule has 100 valence electrons. The first-order valence-corrected chi connectivity index (χ1v) is 7.38. The summed E-state index contributed by atoms with van der Waals surface area (Å²) in [7, 11) is 0. The van der Waals surface area contributed by atoms with E-state index in [1.54, 1.807) is 0 Å². The Balaban J connectivity index is 2.21. The lowest BCUT2D eigenvalue weighted by Gasteiger charge is -2.04. The minimum absolute atomic E-state index is 0.242. The molecule has 0 aliphatic heterocycles. The van der Waals surface area contributed by atoms with Crippen LogP contribution < -0.4 is 5.32 Å². The maximum Gasteiger partial charge on any atom is 0.277 e. The molecule has 0 bridgehead atoms. The second-order valence-electron chi connectivity index (χ2n) is 4.42. The second kappa shape index (κ2) is 5.88. The third kappa shape index (κ3) is 3.25. The van der Waals surface area contributed by atoms with E-state index in [0.29, 0.717) is 5.69 Å². The van der Waals surface area contributed by atoms with Gasteiger partial charge in [0.2, 0.25) is 0 Å². The summed E-state index contributed by atoms with van der Waals surface area (Å²) in [6, 6.07) is 7.42. The largest absolute Gasteiger partial charge is 0.321 e. The number of hydrogen-bond donors (Lipinski definition) is 2. The van der Waals surface area contributed by atoms with Gasteiger partial charge in [0.1, 0.15) is 0 Å². The van der Waals surface area contributed by atoms with Crippen molar-refractivity contribution in [2.75, 3.05) is 5.32 Å². The Morgan fingerprint density at radius 2 is 2.11 bits per heavy atom. The number of carbonyl (C=O) groups excluding carboxylic acids is 1. The number of H-pyrrole nitrogens is 1. The standard InChI is InChI=1S/C13H13Br2N3O/c1-7(2)11-10(15)12(18-17-11)13(19)16-9-5-3-4-8(14)6-9/h3-7H,1-2H3,(H,16,19)(H,17,18). The predicted molar refractivity (Wildman–Crippen MR) is 82.5 cm³/mol. The van der Waals surface area contributed by atoms with Crippen molar-refractivity contribution in [3.05, 3.63) is 44.6 Å². The molecule has 1 aromatic carbocycles. The molecular formula is C13H13Br2N3O. The minimum atomic E-state index is -0.242. The Bertz CT molecular complexity index is 608. The molecule has 0 saturated heterocycles. The molecule has 0 radical (unpaired) electrons. The average molecular weight is 387 g/mol. The SMILES string of the molecule is CC(C)c1[nH]nc(C(=O)Nc2cccc(Br)c2)c1Br. The molecule has 19 heavy (non-hydrogen) atoms. The van der Waals surface area contributed by atoms with Gasteiger partial charge in [-0.2, -0.15) is 5.10 Å². The highest BCUT2D eigenvalue weighted by Gasteiger charge is 2.19. The summed E-state index contributed by atoms with van der Waals surface area (Å²) in [6.07, 6.45) is 0. The van der Waals surface area contributed by atoms with Gasteiger partial charge >= 0.3 is 0 Å². The van der Waals surface area contributed by atoms with Gasteiger partial charge in [-0.25, -0.2) is 0 Å². The normalized spacial score (nSPS) is 10.8. The fourth-order valence-corrected chi connectivity index (χ4v) is 2.85. The van der Waals surface area contributed by atoms with Gasteiger partial charge in [-0.15, -0.1) is 0 Å². The van der Waals surface area contributed by atoms with Gasteiger partial charge in [-0.05, 0) is 40.0 Å². The van der Waals surface area contributed by atoms with E-state index < -0.39 is 0 Å². The van der Waals surface area contributed by atoms with Gasteiger partial charge in [0.05, 0.1) is 10.2 Å². The number of amides is 1. The maximum atomic E-state index is 12.1. The van der Waals surface area contributed by atoms with Crippen LogP contribution in [0.25, 0.3) is 0 Å². The topological polar surface area (TPSA) is 57.8 Å². The van der Waals surface area contributed by atoms with Gasteiger partial charge in [0.25, 0.3) is 5.91 Å². The van der Waals surface area contributed by atoms with E-state index in [4.69, 9.17) is 0 Å². The molecule has 6 heteroatoms. The van der Waals surface area contributed by atoms with Crippen LogP contribution in [0.1, 0.15) is 35.9 Å². The summed E-state index contributed by atoms with van der Waals surface area (Å²) in [6.45, 7) is 4.07. The number of halogens is 2. The van der Waals surface area contributed by atoms with Crippen molar-refractivity contribution in [1.82, 2.24) is 10.2 Å². The Hall–Kier alpha value is -1.14. The zero-order valence-corrected chi connectivity index (χ0v) is 13.7. The number of nitrogens with one attached hydrogen (secondary N) is 2. The van der Waals surface area contributed by atoms with E-state index in [9.17, 15) is 4.79 Å². The highest BCUT2D eigenvalue weighted by atomic mass is 79.9. The lowest BCUT2D eigenvalue weighted by molar-refractivity contribution is 0.102. The van der Waals surface area contributed by atoms with E-state index in [2.05, 4.69) is 47.4 Å². The highest BCUT2D eigenvalue weighted by Crippen LogP contribution is 2.26. The molecule has 0 atom stereocenters. The van der Waals surface area contributed by atoms with Crippen molar-refractivity contribution < 1.29 is 4.79 Å². The van der Waals surface area contributed by atoms with Gasteiger partial charge < -0.3 is 5.32 Å². The molecule has 0 spiro atoms. The zero-order chi connectivity index (χ0) is 14.0. The van der Waals surface area contributed by atoms with Crippen LogP contribution in [-0.2, 0) is 0 Å². The monoisotopic (exact) mass is 385 g/mol. The summed E-state index contributed by atoms with van der Waals surface area (Å²) in [4.78, 5) is 12.1.